The Bertz CT molecular complexity index is 394. The number of rotatable bonds is 6. The van der Waals surface area contributed by atoms with Gasteiger partial charge in [0.2, 0.25) is 5.91 Å². The molecule has 3 heteroatoms. The Morgan fingerprint density at radius 2 is 1.89 bits per heavy atom. The van der Waals surface area contributed by atoms with Gasteiger partial charge in [-0.25, -0.2) is 0 Å². The number of benzene rings is 1. The van der Waals surface area contributed by atoms with Crippen LogP contribution in [0.2, 0.25) is 0 Å². The lowest BCUT2D eigenvalue weighted by Gasteiger charge is -2.24. The summed E-state index contributed by atoms with van der Waals surface area (Å²) in [6, 6.07) is 9.63. The SMILES string of the molecule is CCC(O)(CC)CNC(=O)C=Cc1ccccc1. The lowest BCUT2D eigenvalue weighted by molar-refractivity contribution is -0.117. The van der Waals surface area contributed by atoms with E-state index in [0.717, 1.165) is 5.56 Å². The van der Waals surface area contributed by atoms with E-state index in [4.69, 9.17) is 0 Å². The van der Waals surface area contributed by atoms with Crippen LogP contribution >= 0.6 is 0 Å². The van der Waals surface area contributed by atoms with E-state index in [-0.39, 0.29) is 12.5 Å². The average molecular weight is 247 g/mol. The first-order valence-corrected chi connectivity index (χ1v) is 6.33. The van der Waals surface area contributed by atoms with Gasteiger partial charge in [0.15, 0.2) is 0 Å². The maximum atomic E-state index is 11.6. The van der Waals surface area contributed by atoms with Crippen LogP contribution in [0.15, 0.2) is 36.4 Å². The summed E-state index contributed by atoms with van der Waals surface area (Å²) in [5.41, 5.74) is 0.185. The van der Waals surface area contributed by atoms with Crippen LogP contribution in [-0.2, 0) is 4.79 Å². The maximum Gasteiger partial charge on any atom is 0.244 e. The first-order valence-electron chi connectivity index (χ1n) is 6.33. The molecule has 18 heavy (non-hydrogen) atoms. The van der Waals surface area contributed by atoms with Crippen molar-refractivity contribution < 1.29 is 9.90 Å². The van der Waals surface area contributed by atoms with Crippen molar-refractivity contribution in [1.29, 1.82) is 0 Å². The molecule has 0 unspecified atom stereocenters. The van der Waals surface area contributed by atoms with Crippen molar-refractivity contribution >= 4 is 12.0 Å². The molecule has 1 aromatic carbocycles. The Hall–Kier alpha value is -1.61. The van der Waals surface area contributed by atoms with Crippen molar-refractivity contribution in [3.63, 3.8) is 0 Å². The highest BCUT2D eigenvalue weighted by molar-refractivity contribution is 5.91. The van der Waals surface area contributed by atoms with Crippen LogP contribution in [0.1, 0.15) is 32.3 Å². The molecule has 0 bridgehead atoms. The van der Waals surface area contributed by atoms with Gasteiger partial charge in [-0.3, -0.25) is 4.79 Å². The highest BCUT2D eigenvalue weighted by Crippen LogP contribution is 2.12. The molecule has 98 valence electrons. The second-order valence-electron chi connectivity index (χ2n) is 4.39. The molecule has 0 saturated carbocycles. The van der Waals surface area contributed by atoms with Gasteiger partial charge < -0.3 is 10.4 Å². The predicted octanol–water partition coefficient (Wildman–Crippen LogP) is 2.37. The summed E-state index contributed by atoms with van der Waals surface area (Å²) in [6.45, 7) is 4.11. The minimum atomic E-state index is -0.795. The van der Waals surface area contributed by atoms with E-state index in [2.05, 4.69) is 5.32 Å². The Balaban J connectivity index is 2.45. The topological polar surface area (TPSA) is 49.3 Å². The van der Waals surface area contributed by atoms with E-state index in [1.54, 1.807) is 6.08 Å². The fourth-order valence-corrected chi connectivity index (χ4v) is 1.55. The summed E-state index contributed by atoms with van der Waals surface area (Å²) >= 11 is 0. The monoisotopic (exact) mass is 247 g/mol. The molecule has 0 fully saturated rings. The zero-order valence-electron chi connectivity index (χ0n) is 11.0. The van der Waals surface area contributed by atoms with Crippen molar-refractivity contribution in [3.8, 4) is 0 Å². The Morgan fingerprint density at radius 1 is 1.28 bits per heavy atom. The Labute approximate surface area is 109 Å². The number of hydrogen-bond acceptors (Lipinski definition) is 2. The summed E-state index contributed by atoms with van der Waals surface area (Å²) in [5, 5.41) is 12.7. The third-order valence-electron chi connectivity index (χ3n) is 3.13. The Kier molecular flexibility index (Phi) is 5.59. The van der Waals surface area contributed by atoms with E-state index in [1.807, 2.05) is 44.2 Å². The number of aliphatic hydroxyl groups is 1. The van der Waals surface area contributed by atoms with Crippen molar-refractivity contribution in [1.82, 2.24) is 5.32 Å². The van der Waals surface area contributed by atoms with Gasteiger partial charge in [-0.05, 0) is 24.5 Å². The molecule has 0 radical (unpaired) electrons. The van der Waals surface area contributed by atoms with Gasteiger partial charge in [0.25, 0.3) is 0 Å². The number of carbonyl (C=O) groups excluding carboxylic acids is 1. The fraction of sp³-hybridized carbons (Fsp3) is 0.400. The highest BCUT2D eigenvalue weighted by atomic mass is 16.3. The zero-order chi connectivity index (χ0) is 13.4. The molecular weight excluding hydrogens is 226 g/mol. The Morgan fingerprint density at radius 3 is 2.44 bits per heavy atom. The summed E-state index contributed by atoms with van der Waals surface area (Å²) in [4.78, 5) is 11.6. The van der Waals surface area contributed by atoms with Crippen molar-refractivity contribution in [2.24, 2.45) is 0 Å². The number of nitrogens with one attached hydrogen (secondary N) is 1. The molecule has 0 aliphatic carbocycles. The standard InChI is InChI=1S/C15H21NO2/c1-3-15(18,4-2)12-16-14(17)11-10-13-8-6-5-7-9-13/h5-11,18H,3-4,12H2,1-2H3,(H,16,17). The molecule has 2 N–H and O–H groups in total. The smallest absolute Gasteiger partial charge is 0.244 e. The van der Waals surface area contributed by atoms with Gasteiger partial charge >= 0.3 is 0 Å². The van der Waals surface area contributed by atoms with E-state index in [9.17, 15) is 9.90 Å². The first-order chi connectivity index (χ1) is 8.59. The molecule has 1 rings (SSSR count). The van der Waals surface area contributed by atoms with Gasteiger partial charge in [-0.2, -0.15) is 0 Å². The largest absolute Gasteiger partial charge is 0.388 e. The minimum absolute atomic E-state index is 0.181. The third kappa shape index (κ3) is 4.72. The molecule has 1 amide bonds. The van der Waals surface area contributed by atoms with Gasteiger partial charge in [0.1, 0.15) is 0 Å². The van der Waals surface area contributed by atoms with Crippen molar-refractivity contribution in [3.05, 3.63) is 42.0 Å². The lowest BCUT2D eigenvalue weighted by Crippen LogP contribution is -2.41. The van der Waals surface area contributed by atoms with Crippen molar-refractivity contribution in [2.45, 2.75) is 32.3 Å². The van der Waals surface area contributed by atoms with Gasteiger partial charge in [0, 0.05) is 12.6 Å². The molecule has 0 heterocycles. The molecular formula is C15H21NO2. The van der Waals surface area contributed by atoms with E-state index in [1.165, 1.54) is 6.08 Å². The third-order valence-corrected chi connectivity index (χ3v) is 3.13. The molecule has 0 aromatic heterocycles. The molecule has 1 aromatic rings. The van der Waals surface area contributed by atoms with Gasteiger partial charge in [-0.15, -0.1) is 0 Å². The maximum absolute atomic E-state index is 11.6. The van der Waals surface area contributed by atoms with Crippen LogP contribution in [0.3, 0.4) is 0 Å². The molecule has 0 aliphatic heterocycles. The van der Waals surface area contributed by atoms with Gasteiger partial charge in [0.05, 0.1) is 5.60 Å². The average Bonchev–Trinajstić information content (AvgIpc) is 2.43. The lowest BCUT2D eigenvalue weighted by atomic mass is 9.98. The molecule has 0 saturated heterocycles. The van der Waals surface area contributed by atoms with Gasteiger partial charge in [-0.1, -0.05) is 44.2 Å². The molecule has 3 nitrogen and oxygen atoms in total. The number of carbonyl (C=O) groups is 1. The first kappa shape index (κ1) is 14.5. The van der Waals surface area contributed by atoms with Crippen LogP contribution in [0, 0.1) is 0 Å². The number of amides is 1. The van der Waals surface area contributed by atoms with Crippen LogP contribution in [0.25, 0.3) is 6.08 Å². The van der Waals surface area contributed by atoms with E-state index in [0.29, 0.717) is 12.8 Å². The zero-order valence-corrected chi connectivity index (χ0v) is 11.0. The fourth-order valence-electron chi connectivity index (χ4n) is 1.55. The minimum Gasteiger partial charge on any atom is -0.388 e. The number of hydrogen-bond donors (Lipinski definition) is 2. The summed E-state index contributed by atoms with van der Waals surface area (Å²) in [7, 11) is 0. The molecule has 0 spiro atoms. The van der Waals surface area contributed by atoms with E-state index < -0.39 is 5.60 Å². The quantitative estimate of drug-likeness (QED) is 0.758. The predicted molar refractivity (Wildman–Crippen MR) is 74.0 cm³/mol. The summed E-state index contributed by atoms with van der Waals surface area (Å²) in [6.07, 6.45) is 4.51. The second-order valence-corrected chi connectivity index (χ2v) is 4.39. The normalized spacial score (nSPS) is 11.7. The molecule has 0 atom stereocenters. The van der Waals surface area contributed by atoms with Crippen LogP contribution < -0.4 is 5.32 Å². The van der Waals surface area contributed by atoms with Crippen LogP contribution in [-0.4, -0.2) is 23.2 Å². The van der Waals surface area contributed by atoms with Crippen LogP contribution in [0.5, 0.6) is 0 Å². The molecule has 0 aliphatic rings. The van der Waals surface area contributed by atoms with E-state index >= 15 is 0 Å². The highest BCUT2D eigenvalue weighted by Gasteiger charge is 2.21. The second kappa shape index (κ2) is 6.97. The summed E-state index contributed by atoms with van der Waals surface area (Å²) < 4.78 is 0. The summed E-state index contributed by atoms with van der Waals surface area (Å²) in [5.74, 6) is -0.181. The van der Waals surface area contributed by atoms with Crippen molar-refractivity contribution in [2.75, 3.05) is 6.54 Å². The van der Waals surface area contributed by atoms with Crippen LogP contribution in [0.4, 0.5) is 0 Å².